The number of benzene rings is 2. The summed E-state index contributed by atoms with van der Waals surface area (Å²) >= 11 is 0. The molecule has 0 spiro atoms. The van der Waals surface area contributed by atoms with Gasteiger partial charge in [0.1, 0.15) is 18.2 Å². The molecule has 1 aliphatic rings. The van der Waals surface area contributed by atoms with Gasteiger partial charge in [-0.2, -0.15) is 13.2 Å². The summed E-state index contributed by atoms with van der Waals surface area (Å²) in [6.07, 6.45) is -3.18. The first-order chi connectivity index (χ1) is 15.2. The minimum atomic E-state index is -4.60. The van der Waals surface area contributed by atoms with Crippen LogP contribution in [0.2, 0.25) is 0 Å². The highest BCUT2D eigenvalue weighted by Crippen LogP contribution is 2.42. The van der Waals surface area contributed by atoms with Gasteiger partial charge in [-0.25, -0.2) is 9.37 Å². The van der Waals surface area contributed by atoms with E-state index in [9.17, 15) is 22.4 Å². The number of rotatable bonds is 4. The lowest BCUT2D eigenvalue weighted by atomic mass is 10.0. The van der Waals surface area contributed by atoms with Crippen molar-refractivity contribution < 1.29 is 31.8 Å². The van der Waals surface area contributed by atoms with Crippen LogP contribution < -0.4 is 19.3 Å². The van der Waals surface area contributed by atoms with Gasteiger partial charge in [0, 0.05) is 12.1 Å². The summed E-state index contributed by atoms with van der Waals surface area (Å²) in [5, 5.41) is 0. The van der Waals surface area contributed by atoms with Gasteiger partial charge in [-0.05, 0) is 36.4 Å². The Morgan fingerprint density at radius 1 is 0.938 bits per heavy atom. The Kier molecular flexibility index (Phi) is 5.37. The molecule has 0 saturated heterocycles. The molecule has 0 saturated carbocycles. The molecule has 10 heteroatoms. The third kappa shape index (κ3) is 3.79. The van der Waals surface area contributed by atoms with Crippen molar-refractivity contribution in [3.63, 3.8) is 0 Å². The van der Waals surface area contributed by atoms with Gasteiger partial charge in [-0.3, -0.25) is 9.69 Å². The molecule has 1 aliphatic heterocycles. The van der Waals surface area contributed by atoms with Crippen molar-refractivity contribution in [3.05, 3.63) is 71.7 Å². The molecular formula is C22H17F4N3O3. The molecular weight excluding hydrogens is 430 g/mol. The first-order valence-electron chi connectivity index (χ1n) is 9.37. The number of pyridine rings is 1. The summed E-state index contributed by atoms with van der Waals surface area (Å²) in [4.78, 5) is 20.1. The third-order valence-electron chi connectivity index (χ3n) is 5.05. The molecule has 2 aromatic carbocycles. The third-order valence-corrected chi connectivity index (χ3v) is 5.05. The molecule has 0 unspecified atom stereocenters. The number of nitrogens with zero attached hydrogens (tertiary/aromatic N) is 3. The second kappa shape index (κ2) is 8.03. The van der Waals surface area contributed by atoms with Crippen LogP contribution >= 0.6 is 0 Å². The Morgan fingerprint density at radius 2 is 1.72 bits per heavy atom. The van der Waals surface area contributed by atoms with E-state index in [2.05, 4.69) is 4.98 Å². The van der Waals surface area contributed by atoms with Crippen LogP contribution in [-0.4, -0.2) is 31.8 Å². The molecule has 0 atom stereocenters. The zero-order valence-electron chi connectivity index (χ0n) is 17.0. The number of methoxy groups -OCH3 is 2. The van der Waals surface area contributed by atoms with E-state index in [1.54, 1.807) is 12.1 Å². The summed E-state index contributed by atoms with van der Waals surface area (Å²) in [5.74, 6) is -0.627. The summed E-state index contributed by atoms with van der Waals surface area (Å²) < 4.78 is 64.2. The van der Waals surface area contributed by atoms with Crippen LogP contribution in [0, 0.1) is 5.82 Å². The van der Waals surface area contributed by atoms with Crippen LogP contribution in [0.3, 0.4) is 0 Å². The van der Waals surface area contributed by atoms with E-state index in [4.69, 9.17) is 9.47 Å². The lowest BCUT2D eigenvalue weighted by Crippen LogP contribution is -2.45. The zero-order valence-corrected chi connectivity index (χ0v) is 17.0. The van der Waals surface area contributed by atoms with Crippen molar-refractivity contribution in [1.82, 2.24) is 4.98 Å². The van der Waals surface area contributed by atoms with E-state index in [0.29, 0.717) is 17.3 Å². The molecule has 0 radical (unpaired) electrons. The van der Waals surface area contributed by atoms with Crippen LogP contribution in [0.15, 0.2) is 54.7 Å². The molecule has 0 bridgehead atoms. The Labute approximate surface area is 180 Å². The van der Waals surface area contributed by atoms with Crippen molar-refractivity contribution in [2.45, 2.75) is 6.18 Å². The van der Waals surface area contributed by atoms with Gasteiger partial charge in [0.2, 0.25) is 5.88 Å². The highest BCUT2D eigenvalue weighted by atomic mass is 19.4. The summed E-state index contributed by atoms with van der Waals surface area (Å²) in [5.41, 5.74) is -0.116. The predicted octanol–water partition coefficient (Wildman–Crippen LogP) is 5.01. The van der Waals surface area contributed by atoms with Crippen LogP contribution in [0.5, 0.6) is 11.6 Å². The maximum absolute atomic E-state index is 13.8. The minimum Gasteiger partial charge on any atom is -0.494 e. The number of hydrogen-bond acceptors (Lipinski definition) is 5. The fourth-order valence-corrected chi connectivity index (χ4v) is 3.47. The maximum atomic E-state index is 13.8. The molecule has 0 aliphatic carbocycles. The maximum Gasteiger partial charge on any atom is 0.416 e. The van der Waals surface area contributed by atoms with E-state index in [-0.39, 0.29) is 23.7 Å². The Morgan fingerprint density at radius 3 is 2.34 bits per heavy atom. The summed E-state index contributed by atoms with van der Waals surface area (Å²) in [6, 6.07) is 9.74. The molecule has 0 N–H and O–H groups in total. The second-order valence-corrected chi connectivity index (χ2v) is 6.91. The first-order valence-corrected chi connectivity index (χ1v) is 9.37. The van der Waals surface area contributed by atoms with Crippen molar-refractivity contribution in [2.24, 2.45) is 0 Å². The fourth-order valence-electron chi connectivity index (χ4n) is 3.47. The van der Waals surface area contributed by atoms with Crippen LogP contribution in [0.4, 0.5) is 34.6 Å². The number of fused-ring (bicyclic) bond motifs is 1. The van der Waals surface area contributed by atoms with Crippen molar-refractivity contribution in [1.29, 1.82) is 0 Å². The second-order valence-electron chi connectivity index (χ2n) is 6.91. The lowest BCUT2D eigenvalue weighted by molar-refractivity contribution is -0.137. The molecule has 2 heterocycles. The van der Waals surface area contributed by atoms with Crippen molar-refractivity contribution in [3.8, 4) is 11.6 Å². The summed E-state index contributed by atoms with van der Waals surface area (Å²) in [6.45, 7) is -0.150. The van der Waals surface area contributed by atoms with Gasteiger partial charge < -0.3 is 14.4 Å². The fraction of sp³-hybridized carbons (Fsp3) is 0.182. The highest BCUT2D eigenvalue weighted by molar-refractivity contribution is 6.12. The summed E-state index contributed by atoms with van der Waals surface area (Å²) in [7, 11) is 2.77. The average molecular weight is 447 g/mol. The smallest absolute Gasteiger partial charge is 0.416 e. The molecule has 4 rings (SSSR count). The average Bonchev–Trinajstić information content (AvgIpc) is 2.79. The van der Waals surface area contributed by atoms with Crippen molar-refractivity contribution in [2.75, 3.05) is 30.7 Å². The topological polar surface area (TPSA) is 54.9 Å². The van der Waals surface area contributed by atoms with Gasteiger partial charge >= 0.3 is 6.18 Å². The number of hydrogen-bond donors (Lipinski definition) is 0. The van der Waals surface area contributed by atoms with E-state index in [0.717, 1.165) is 24.3 Å². The number of halogens is 4. The molecule has 1 aromatic heterocycles. The number of alkyl halides is 3. The van der Waals surface area contributed by atoms with Gasteiger partial charge in [-0.1, -0.05) is 0 Å². The standard InChI is InChI=1S/C22H17F4N3O3/c1-31-19-10-14(23)4-7-17(19)29-12-28(15-5-8-20(32-2)27-11-15)21(30)16-6-3-13(9-18(16)29)22(24,25)26/h3-11H,12H2,1-2H3. The minimum absolute atomic E-state index is 0.0347. The lowest BCUT2D eigenvalue weighted by Gasteiger charge is -2.38. The number of anilines is 3. The highest BCUT2D eigenvalue weighted by Gasteiger charge is 2.37. The predicted molar refractivity (Wildman–Crippen MR) is 109 cm³/mol. The quantitative estimate of drug-likeness (QED) is 0.526. The van der Waals surface area contributed by atoms with Crippen LogP contribution in [0.25, 0.3) is 0 Å². The molecule has 0 fully saturated rings. The number of aromatic nitrogens is 1. The van der Waals surface area contributed by atoms with E-state index >= 15 is 0 Å². The molecule has 166 valence electrons. The van der Waals surface area contributed by atoms with Gasteiger partial charge in [0.05, 0.1) is 48.6 Å². The molecule has 32 heavy (non-hydrogen) atoms. The molecule has 3 aromatic rings. The normalized spacial score (nSPS) is 13.8. The van der Waals surface area contributed by atoms with Gasteiger partial charge in [-0.15, -0.1) is 0 Å². The Balaban J connectivity index is 1.88. The van der Waals surface area contributed by atoms with Gasteiger partial charge in [0.25, 0.3) is 5.91 Å². The van der Waals surface area contributed by atoms with Crippen LogP contribution in [0.1, 0.15) is 15.9 Å². The number of amides is 1. The van der Waals surface area contributed by atoms with E-state index in [1.165, 1.54) is 42.3 Å². The Bertz CT molecular complexity index is 1170. The van der Waals surface area contributed by atoms with Crippen molar-refractivity contribution >= 4 is 23.0 Å². The van der Waals surface area contributed by atoms with E-state index in [1.807, 2.05) is 0 Å². The number of carbonyl (C=O) groups is 1. The van der Waals surface area contributed by atoms with E-state index < -0.39 is 23.5 Å². The zero-order chi connectivity index (χ0) is 23.0. The Hall–Kier alpha value is -3.82. The first kappa shape index (κ1) is 21.4. The molecule has 1 amide bonds. The molecule has 6 nitrogen and oxygen atoms in total. The van der Waals surface area contributed by atoms with Crippen LogP contribution in [-0.2, 0) is 6.18 Å². The largest absolute Gasteiger partial charge is 0.494 e. The number of carbonyl (C=O) groups excluding carboxylic acids is 1. The number of ether oxygens (including phenoxy) is 2. The van der Waals surface area contributed by atoms with Gasteiger partial charge in [0.15, 0.2) is 0 Å². The SMILES string of the molecule is COc1ccc(N2CN(c3ccc(F)cc3OC)c3cc(C(F)(F)F)ccc3C2=O)cn1. The monoisotopic (exact) mass is 447 g/mol.